The van der Waals surface area contributed by atoms with E-state index in [4.69, 9.17) is 9.84 Å². The topological polar surface area (TPSA) is 61.8 Å². The molecule has 0 spiro atoms. The summed E-state index contributed by atoms with van der Waals surface area (Å²) in [5.74, 6) is 0.816. The van der Waals surface area contributed by atoms with Crippen LogP contribution in [0.15, 0.2) is 47.9 Å². The number of carbonyl (C=O) groups is 1. The highest BCUT2D eigenvalue weighted by atomic mass is 32.1. The molecule has 0 saturated heterocycles. The van der Waals surface area contributed by atoms with Gasteiger partial charge in [0.05, 0.1) is 0 Å². The van der Waals surface area contributed by atoms with Crippen LogP contribution in [0.2, 0.25) is 0 Å². The molecule has 0 fully saturated rings. The number of likely N-dealkylation sites (N-methyl/N-ethyl adjacent to an activating group) is 1. The van der Waals surface area contributed by atoms with Crippen molar-refractivity contribution in [3.8, 4) is 5.75 Å². The maximum absolute atomic E-state index is 10.7. The molecule has 0 radical (unpaired) electrons. The lowest BCUT2D eigenvalue weighted by molar-refractivity contribution is 0.182. The molecule has 1 aromatic carbocycles. The number of hydrogen-bond acceptors (Lipinski definition) is 4. The Labute approximate surface area is 157 Å². The van der Waals surface area contributed by atoms with Gasteiger partial charge in [-0.25, -0.2) is 4.79 Å². The predicted molar refractivity (Wildman–Crippen MR) is 105 cm³/mol. The molecule has 0 bridgehead atoms. The molecule has 1 aliphatic heterocycles. The van der Waals surface area contributed by atoms with Crippen LogP contribution >= 0.6 is 11.3 Å². The number of rotatable bonds is 7. The van der Waals surface area contributed by atoms with Crippen LogP contribution in [0.5, 0.6) is 5.75 Å². The van der Waals surface area contributed by atoms with Gasteiger partial charge < -0.3 is 20.1 Å². The van der Waals surface area contributed by atoms with Gasteiger partial charge in [0, 0.05) is 30.9 Å². The van der Waals surface area contributed by atoms with Crippen LogP contribution < -0.4 is 10.1 Å². The summed E-state index contributed by atoms with van der Waals surface area (Å²) in [6.45, 7) is 2.39. The molecule has 5 nitrogen and oxygen atoms in total. The lowest BCUT2D eigenvalue weighted by Crippen LogP contribution is -2.24. The molecular formula is C20H24N2O3S. The van der Waals surface area contributed by atoms with Gasteiger partial charge in [-0.1, -0.05) is 24.3 Å². The second kappa shape index (κ2) is 8.87. The molecule has 6 heteroatoms. The summed E-state index contributed by atoms with van der Waals surface area (Å²) in [5, 5.41) is 13.2. The van der Waals surface area contributed by atoms with E-state index in [2.05, 4.69) is 35.5 Å². The first kappa shape index (κ1) is 18.5. The maximum Gasteiger partial charge on any atom is 0.404 e. The Hall–Kier alpha value is -2.31. The summed E-state index contributed by atoms with van der Waals surface area (Å²) in [5.41, 5.74) is 2.55. The summed E-state index contributed by atoms with van der Waals surface area (Å²) < 4.78 is 6.23. The molecule has 2 N–H and O–H groups in total. The van der Waals surface area contributed by atoms with E-state index in [0.29, 0.717) is 13.0 Å². The number of nitrogens with zero attached hydrogens (tertiary/aromatic N) is 1. The van der Waals surface area contributed by atoms with Gasteiger partial charge in [0.15, 0.2) is 0 Å². The number of nitrogens with one attached hydrogen (secondary N) is 1. The summed E-state index contributed by atoms with van der Waals surface area (Å²) >= 11 is 1.62. The van der Waals surface area contributed by atoms with Crippen LogP contribution in [0.3, 0.4) is 0 Å². The van der Waals surface area contributed by atoms with Gasteiger partial charge in [-0.05, 0) is 48.2 Å². The molecule has 2 aromatic rings. The van der Waals surface area contributed by atoms with E-state index in [1.165, 1.54) is 11.1 Å². The zero-order valence-electron chi connectivity index (χ0n) is 14.9. The lowest BCUT2D eigenvalue weighted by atomic mass is 9.99. The van der Waals surface area contributed by atoms with Crippen LogP contribution in [0.25, 0.3) is 5.57 Å². The van der Waals surface area contributed by atoms with Crippen LogP contribution in [0.4, 0.5) is 4.79 Å². The molecule has 1 unspecified atom stereocenters. The number of amides is 1. The fourth-order valence-corrected chi connectivity index (χ4v) is 3.80. The van der Waals surface area contributed by atoms with Crippen molar-refractivity contribution in [1.82, 2.24) is 10.2 Å². The summed E-state index contributed by atoms with van der Waals surface area (Å²) in [7, 11) is 2.13. The third kappa shape index (κ3) is 5.09. The van der Waals surface area contributed by atoms with E-state index in [1.807, 2.05) is 29.6 Å². The van der Waals surface area contributed by atoms with Gasteiger partial charge in [0.1, 0.15) is 11.9 Å². The minimum atomic E-state index is -1.01. The molecular weight excluding hydrogens is 348 g/mol. The normalized spacial score (nSPS) is 16.0. The van der Waals surface area contributed by atoms with Crippen molar-refractivity contribution >= 4 is 23.0 Å². The average Bonchev–Trinajstić information content (AvgIpc) is 3.16. The molecule has 2 heterocycles. The second-order valence-corrected chi connectivity index (χ2v) is 7.39. The van der Waals surface area contributed by atoms with E-state index < -0.39 is 6.09 Å². The van der Waals surface area contributed by atoms with Gasteiger partial charge >= 0.3 is 6.09 Å². The quantitative estimate of drug-likeness (QED) is 0.763. The van der Waals surface area contributed by atoms with Crippen LogP contribution in [0, 0.1) is 0 Å². The van der Waals surface area contributed by atoms with Crippen molar-refractivity contribution in [3.05, 3.63) is 58.3 Å². The van der Waals surface area contributed by atoms with Crippen molar-refractivity contribution in [2.24, 2.45) is 0 Å². The van der Waals surface area contributed by atoms with Crippen LogP contribution in [0.1, 0.15) is 29.4 Å². The Bertz CT molecular complexity index is 758. The standard InChI is InChI=1S/C20H24N2O3S/c1-22-11-8-15(9-12-22)16-4-2-5-17(14-16)25-18(7-10-21-20(23)24)19-6-3-13-26-19/h2-6,8,13-14,18,21H,7,9-12H2,1H3,(H,23,24). The van der Waals surface area contributed by atoms with Crippen LogP contribution in [-0.4, -0.2) is 42.8 Å². The number of hydrogen-bond donors (Lipinski definition) is 2. The summed E-state index contributed by atoms with van der Waals surface area (Å²) in [6, 6.07) is 12.2. The molecule has 1 aromatic heterocycles. The molecule has 1 aliphatic rings. The molecule has 0 aliphatic carbocycles. The van der Waals surface area contributed by atoms with E-state index in [-0.39, 0.29) is 6.10 Å². The fourth-order valence-electron chi connectivity index (χ4n) is 3.01. The van der Waals surface area contributed by atoms with E-state index >= 15 is 0 Å². The summed E-state index contributed by atoms with van der Waals surface area (Å²) in [6.07, 6.45) is 2.73. The van der Waals surface area contributed by atoms with E-state index in [1.54, 1.807) is 11.3 Å². The Kier molecular flexibility index (Phi) is 6.30. The van der Waals surface area contributed by atoms with Crippen molar-refractivity contribution in [2.45, 2.75) is 18.9 Å². The second-order valence-electron chi connectivity index (χ2n) is 6.41. The number of benzene rings is 1. The fraction of sp³-hybridized carbons (Fsp3) is 0.350. The van der Waals surface area contributed by atoms with Gasteiger partial charge in [0.2, 0.25) is 0 Å². The maximum atomic E-state index is 10.7. The first-order chi connectivity index (χ1) is 12.6. The smallest absolute Gasteiger partial charge is 0.404 e. The summed E-state index contributed by atoms with van der Waals surface area (Å²) in [4.78, 5) is 14.1. The van der Waals surface area contributed by atoms with Gasteiger partial charge in [-0.3, -0.25) is 0 Å². The third-order valence-electron chi connectivity index (χ3n) is 4.44. The molecule has 26 heavy (non-hydrogen) atoms. The zero-order chi connectivity index (χ0) is 18.4. The Balaban J connectivity index is 1.72. The molecule has 3 rings (SSSR count). The average molecular weight is 372 g/mol. The first-order valence-electron chi connectivity index (χ1n) is 8.76. The Morgan fingerprint density at radius 2 is 2.27 bits per heavy atom. The molecule has 1 amide bonds. The van der Waals surface area contributed by atoms with Gasteiger partial charge in [-0.15, -0.1) is 11.3 Å². The zero-order valence-corrected chi connectivity index (χ0v) is 15.7. The number of thiophene rings is 1. The molecule has 138 valence electrons. The Morgan fingerprint density at radius 1 is 1.38 bits per heavy atom. The van der Waals surface area contributed by atoms with Crippen molar-refractivity contribution < 1.29 is 14.6 Å². The van der Waals surface area contributed by atoms with Gasteiger partial charge in [-0.2, -0.15) is 0 Å². The number of carboxylic acid groups (broad SMARTS) is 1. The molecule has 1 atom stereocenters. The Morgan fingerprint density at radius 3 is 2.96 bits per heavy atom. The first-order valence-corrected chi connectivity index (χ1v) is 9.64. The van der Waals surface area contributed by atoms with E-state index in [0.717, 1.165) is 30.1 Å². The SMILES string of the molecule is CN1CC=C(c2cccc(OC(CCNC(=O)O)c3cccs3)c2)CC1. The monoisotopic (exact) mass is 372 g/mol. The van der Waals surface area contributed by atoms with Crippen molar-refractivity contribution in [3.63, 3.8) is 0 Å². The van der Waals surface area contributed by atoms with Gasteiger partial charge in [0.25, 0.3) is 0 Å². The lowest BCUT2D eigenvalue weighted by Gasteiger charge is -2.23. The largest absolute Gasteiger partial charge is 0.485 e. The van der Waals surface area contributed by atoms with E-state index in [9.17, 15) is 4.79 Å². The highest BCUT2D eigenvalue weighted by Crippen LogP contribution is 2.30. The highest BCUT2D eigenvalue weighted by Gasteiger charge is 2.16. The predicted octanol–water partition coefficient (Wildman–Crippen LogP) is 4.24. The molecule has 0 saturated carbocycles. The third-order valence-corrected chi connectivity index (χ3v) is 5.40. The van der Waals surface area contributed by atoms with Crippen molar-refractivity contribution in [2.75, 3.05) is 26.7 Å². The van der Waals surface area contributed by atoms with Crippen LogP contribution in [-0.2, 0) is 0 Å². The minimum absolute atomic E-state index is 0.163. The highest BCUT2D eigenvalue weighted by molar-refractivity contribution is 7.10. The van der Waals surface area contributed by atoms with Crippen molar-refractivity contribution in [1.29, 1.82) is 0 Å². The minimum Gasteiger partial charge on any atom is -0.485 e. The number of ether oxygens (including phenoxy) is 1.